The fourth-order valence-corrected chi connectivity index (χ4v) is 3.51. The van der Waals surface area contributed by atoms with Gasteiger partial charge in [0.05, 0.1) is 5.69 Å². The second-order valence-corrected chi connectivity index (χ2v) is 6.71. The van der Waals surface area contributed by atoms with E-state index in [1.54, 1.807) is 0 Å². The van der Waals surface area contributed by atoms with Crippen LogP contribution in [0.15, 0.2) is 102 Å². The van der Waals surface area contributed by atoms with Crippen LogP contribution in [0.3, 0.4) is 0 Å². The van der Waals surface area contributed by atoms with E-state index in [2.05, 4.69) is 106 Å². The number of aromatic nitrogens is 2. The van der Waals surface area contributed by atoms with Crippen LogP contribution in [0.2, 0.25) is 0 Å². The molecule has 0 unspecified atom stereocenters. The van der Waals surface area contributed by atoms with Gasteiger partial charge in [0.1, 0.15) is 4.60 Å². The van der Waals surface area contributed by atoms with Gasteiger partial charge in [-0.25, -0.2) is 4.68 Å². The van der Waals surface area contributed by atoms with Gasteiger partial charge in [0.25, 0.3) is 0 Å². The Morgan fingerprint density at radius 1 is 0.680 bits per heavy atom. The molecule has 0 aliphatic heterocycles. The van der Waals surface area contributed by atoms with Gasteiger partial charge in [0.2, 0.25) is 0 Å². The van der Waals surface area contributed by atoms with Crippen LogP contribution in [0.5, 0.6) is 0 Å². The molecule has 0 radical (unpaired) electrons. The number of rotatable bonds is 4. The molecule has 0 N–H and O–H groups in total. The van der Waals surface area contributed by atoms with E-state index in [1.165, 1.54) is 16.7 Å². The van der Waals surface area contributed by atoms with E-state index in [-0.39, 0.29) is 5.92 Å². The molecule has 1 aromatic heterocycles. The first kappa shape index (κ1) is 15.9. The van der Waals surface area contributed by atoms with Crippen molar-refractivity contribution in [2.75, 3.05) is 0 Å². The molecule has 0 bridgehead atoms. The van der Waals surface area contributed by atoms with Gasteiger partial charge in [-0.1, -0.05) is 78.9 Å². The normalized spacial score (nSPS) is 11.0. The van der Waals surface area contributed by atoms with Gasteiger partial charge in [0.15, 0.2) is 0 Å². The van der Waals surface area contributed by atoms with Crippen molar-refractivity contribution in [2.24, 2.45) is 0 Å². The molecule has 0 saturated carbocycles. The van der Waals surface area contributed by atoms with Crippen molar-refractivity contribution >= 4 is 15.9 Å². The molecule has 3 aromatic carbocycles. The van der Waals surface area contributed by atoms with Gasteiger partial charge >= 0.3 is 0 Å². The number of nitrogens with zero attached hydrogens (tertiary/aromatic N) is 2. The Bertz CT molecular complexity index is 922. The van der Waals surface area contributed by atoms with Crippen LogP contribution in [-0.2, 0) is 0 Å². The van der Waals surface area contributed by atoms with E-state index >= 15 is 0 Å². The average molecular weight is 389 g/mol. The van der Waals surface area contributed by atoms with Crippen molar-refractivity contribution in [3.05, 3.63) is 118 Å². The first-order valence-corrected chi connectivity index (χ1v) is 9.02. The summed E-state index contributed by atoms with van der Waals surface area (Å²) in [5, 5.41) is 4.54. The minimum atomic E-state index is 0.154. The Morgan fingerprint density at radius 2 is 1.24 bits per heavy atom. The molecule has 122 valence electrons. The highest BCUT2D eigenvalue weighted by molar-refractivity contribution is 9.10. The number of hydrogen-bond donors (Lipinski definition) is 0. The van der Waals surface area contributed by atoms with Gasteiger partial charge in [-0.15, -0.1) is 0 Å². The second kappa shape index (κ2) is 7.08. The Morgan fingerprint density at radius 3 is 1.80 bits per heavy atom. The third-order valence-electron chi connectivity index (χ3n) is 4.32. The van der Waals surface area contributed by atoms with E-state index < -0.39 is 0 Å². The number of benzene rings is 3. The molecular formula is C22H17BrN2. The molecule has 0 atom stereocenters. The molecule has 0 fully saturated rings. The molecule has 1 heterocycles. The highest BCUT2D eigenvalue weighted by Gasteiger charge is 2.20. The first-order chi connectivity index (χ1) is 12.3. The Balaban J connectivity index is 1.92. The zero-order valence-electron chi connectivity index (χ0n) is 13.6. The summed E-state index contributed by atoms with van der Waals surface area (Å²) in [7, 11) is 0. The van der Waals surface area contributed by atoms with E-state index in [0.717, 1.165) is 10.3 Å². The molecule has 0 amide bonds. The SMILES string of the molecule is Brc1ccn(-c2ccccc2C(c2ccccc2)c2ccccc2)n1. The molecule has 25 heavy (non-hydrogen) atoms. The minimum Gasteiger partial charge on any atom is -0.240 e. The molecule has 0 aliphatic rings. The highest BCUT2D eigenvalue weighted by atomic mass is 79.9. The molecule has 2 nitrogen and oxygen atoms in total. The molecule has 0 aliphatic carbocycles. The van der Waals surface area contributed by atoms with Crippen molar-refractivity contribution in [3.8, 4) is 5.69 Å². The molecular weight excluding hydrogens is 372 g/mol. The highest BCUT2D eigenvalue weighted by Crippen LogP contribution is 2.35. The van der Waals surface area contributed by atoms with Crippen molar-refractivity contribution in [2.45, 2.75) is 5.92 Å². The lowest BCUT2D eigenvalue weighted by Crippen LogP contribution is -2.08. The molecule has 3 heteroatoms. The summed E-state index contributed by atoms with van der Waals surface area (Å²) < 4.78 is 2.76. The van der Waals surface area contributed by atoms with E-state index in [4.69, 9.17) is 0 Å². The fraction of sp³-hybridized carbons (Fsp3) is 0.0455. The standard InChI is InChI=1S/C22H17BrN2/c23-21-15-16-25(24-21)20-14-8-7-13-19(20)22(17-9-3-1-4-10-17)18-11-5-2-6-12-18/h1-16,22H. The topological polar surface area (TPSA) is 17.8 Å². The summed E-state index contributed by atoms with van der Waals surface area (Å²) in [4.78, 5) is 0. The van der Waals surface area contributed by atoms with Crippen LogP contribution < -0.4 is 0 Å². The Kier molecular flexibility index (Phi) is 4.49. The number of hydrogen-bond acceptors (Lipinski definition) is 1. The summed E-state index contributed by atoms with van der Waals surface area (Å²) in [5.74, 6) is 0.154. The van der Waals surface area contributed by atoms with Crippen molar-refractivity contribution in [1.82, 2.24) is 9.78 Å². The lowest BCUT2D eigenvalue weighted by atomic mass is 9.84. The summed E-state index contributed by atoms with van der Waals surface area (Å²) in [5.41, 5.74) is 4.86. The number of halogens is 1. The quantitative estimate of drug-likeness (QED) is 0.403. The van der Waals surface area contributed by atoms with Crippen molar-refractivity contribution in [3.63, 3.8) is 0 Å². The average Bonchev–Trinajstić information content (AvgIpc) is 3.10. The zero-order valence-corrected chi connectivity index (χ0v) is 15.2. The predicted molar refractivity (Wildman–Crippen MR) is 105 cm³/mol. The van der Waals surface area contributed by atoms with E-state index in [1.807, 2.05) is 16.9 Å². The maximum absolute atomic E-state index is 4.54. The predicted octanol–water partition coefficient (Wildman–Crippen LogP) is 5.82. The van der Waals surface area contributed by atoms with Crippen LogP contribution in [0.25, 0.3) is 5.69 Å². The van der Waals surface area contributed by atoms with Crippen molar-refractivity contribution < 1.29 is 0 Å². The zero-order chi connectivity index (χ0) is 17.1. The van der Waals surface area contributed by atoms with Crippen LogP contribution in [0, 0.1) is 0 Å². The minimum absolute atomic E-state index is 0.154. The smallest absolute Gasteiger partial charge is 0.128 e. The van der Waals surface area contributed by atoms with Crippen LogP contribution >= 0.6 is 15.9 Å². The number of para-hydroxylation sites is 1. The lowest BCUT2D eigenvalue weighted by molar-refractivity contribution is 0.839. The monoisotopic (exact) mass is 388 g/mol. The fourth-order valence-electron chi connectivity index (χ4n) is 3.22. The van der Waals surface area contributed by atoms with E-state index in [0.29, 0.717) is 0 Å². The van der Waals surface area contributed by atoms with Crippen LogP contribution in [-0.4, -0.2) is 9.78 Å². The van der Waals surface area contributed by atoms with Gasteiger partial charge in [-0.2, -0.15) is 5.10 Å². The molecule has 0 saturated heterocycles. The van der Waals surface area contributed by atoms with Crippen LogP contribution in [0.1, 0.15) is 22.6 Å². The first-order valence-electron chi connectivity index (χ1n) is 8.23. The summed E-state index contributed by atoms with van der Waals surface area (Å²) in [6, 6.07) is 31.7. The summed E-state index contributed by atoms with van der Waals surface area (Å²) >= 11 is 3.45. The summed E-state index contributed by atoms with van der Waals surface area (Å²) in [6.07, 6.45) is 1.98. The van der Waals surface area contributed by atoms with E-state index in [9.17, 15) is 0 Å². The van der Waals surface area contributed by atoms with Gasteiger partial charge in [-0.05, 0) is 44.8 Å². The molecule has 4 rings (SSSR count). The van der Waals surface area contributed by atoms with Gasteiger partial charge in [-0.3, -0.25) is 0 Å². The molecule has 0 spiro atoms. The largest absolute Gasteiger partial charge is 0.240 e. The van der Waals surface area contributed by atoms with Gasteiger partial charge < -0.3 is 0 Å². The Hall–Kier alpha value is -2.65. The third-order valence-corrected chi connectivity index (χ3v) is 4.74. The third kappa shape index (κ3) is 3.28. The maximum atomic E-state index is 4.54. The summed E-state index contributed by atoms with van der Waals surface area (Å²) in [6.45, 7) is 0. The molecule has 4 aromatic rings. The second-order valence-electron chi connectivity index (χ2n) is 5.90. The Labute approximate surface area is 155 Å². The van der Waals surface area contributed by atoms with Gasteiger partial charge in [0, 0.05) is 12.1 Å². The van der Waals surface area contributed by atoms with Crippen molar-refractivity contribution in [1.29, 1.82) is 0 Å². The van der Waals surface area contributed by atoms with Crippen LogP contribution in [0.4, 0.5) is 0 Å². The lowest BCUT2D eigenvalue weighted by Gasteiger charge is -2.21. The maximum Gasteiger partial charge on any atom is 0.128 e.